The molecule has 0 atom stereocenters. The normalized spacial score (nSPS) is 10.5. The highest BCUT2D eigenvalue weighted by Crippen LogP contribution is 2.33. The van der Waals surface area contributed by atoms with Crippen molar-refractivity contribution in [3.05, 3.63) is 66.7 Å². The van der Waals surface area contributed by atoms with Crippen LogP contribution in [0.25, 0.3) is 21.9 Å². The lowest BCUT2D eigenvalue weighted by Crippen LogP contribution is -2.25. The smallest absolute Gasteiger partial charge is 0.410 e. The number of ether oxygens (including phenoxy) is 1. The third-order valence-corrected chi connectivity index (χ3v) is 3.49. The first-order chi connectivity index (χ1) is 10.6. The van der Waals surface area contributed by atoms with E-state index in [0.29, 0.717) is 5.75 Å². The Morgan fingerprint density at radius 3 is 2.32 bits per heavy atom. The van der Waals surface area contributed by atoms with Crippen LogP contribution in [0.5, 0.6) is 5.75 Å². The van der Waals surface area contributed by atoms with E-state index in [9.17, 15) is 4.79 Å². The molecule has 0 aliphatic rings. The first-order valence-electron chi connectivity index (χ1n) is 7.12. The number of carbonyl (C=O) groups is 1. The molecule has 0 aromatic heterocycles. The summed E-state index contributed by atoms with van der Waals surface area (Å²) in [7, 11) is 3.34. The predicted octanol–water partition coefficient (Wildman–Crippen LogP) is 4.57. The Kier molecular flexibility index (Phi) is 3.79. The van der Waals surface area contributed by atoms with E-state index in [4.69, 9.17) is 4.74 Å². The van der Waals surface area contributed by atoms with Crippen molar-refractivity contribution in [2.75, 3.05) is 14.1 Å². The van der Waals surface area contributed by atoms with E-state index >= 15 is 0 Å². The maximum absolute atomic E-state index is 11.8. The number of nitrogens with zero attached hydrogens (tertiary/aromatic N) is 1. The first-order valence-corrected chi connectivity index (χ1v) is 7.12. The van der Waals surface area contributed by atoms with E-state index in [1.807, 2.05) is 48.5 Å². The molecule has 3 nitrogen and oxygen atoms in total. The third-order valence-electron chi connectivity index (χ3n) is 3.49. The van der Waals surface area contributed by atoms with Crippen LogP contribution in [0, 0.1) is 0 Å². The van der Waals surface area contributed by atoms with Crippen LogP contribution in [-0.2, 0) is 0 Å². The van der Waals surface area contributed by atoms with Gasteiger partial charge in [0.1, 0.15) is 5.75 Å². The van der Waals surface area contributed by atoms with Gasteiger partial charge in [-0.3, -0.25) is 0 Å². The van der Waals surface area contributed by atoms with E-state index in [2.05, 4.69) is 18.2 Å². The van der Waals surface area contributed by atoms with Gasteiger partial charge in [-0.05, 0) is 34.0 Å². The molecule has 0 unspecified atom stereocenters. The number of amides is 1. The molecule has 3 heteroatoms. The van der Waals surface area contributed by atoms with E-state index in [1.54, 1.807) is 14.1 Å². The summed E-state index contributed by atoms with van der Waals surface area (Å²) in [5, 5.41) is 2.18. The van der Waals surface area contributed by atoms with Crippen molar-refractivity contribution in [2.45, 2.75) is 0 Å². The zero-order valence-corrected chi connectivity index (χ0v) is 12.6. The van der Waals surface area contributed by atoms with Crippen LogP contribution >= 0.6 is 0 Å². The lowest BCUT2D eigenvalue weighted by Gasteiger charge is -2.13. The second-order valence-corrected chi connectivity index (χ2v) is 5.32. The Morgan fingerprint density at radius 2 is 1.59 bits per heavy atom. The van der Waals surface area contributed by atoms with Crippen LogP contribution < -0.4 is 4.74 Å². The zero-order valence-electron chi connectivity index (χ0n) is 12.6. The van der Waals surface area contributed by atoms with Gasteiger partial charge in [0, 0.05) is 14.1 Å². The van der Waals surface area contributed by atoms with E-state index in [1.165, 1.54) is 4.90 Å². The molecule has 1 amide bonds. The Balaban J connectivity index is 2.15. The highest BCUT2D eigenvalue weighted by molar-refractivity contribution is 5.98. The highest BCUT2D eigenvalue weighted by atomic mass is 16.6. The van der Waals surface area contributed by atoms with Crippen molar-refractivity contribution in [2.24, 2.45) is 0 Å². The van der Waals surface area contributed by atoms with Gasteiger partial charge in [0.05, 0.1) is 0 Å². The van der Waals surface area contributed by atoms with Gasteiger partial charge in [-0.15, -0.1) is 0 Å². The minimum atomic E-state index is -0.380. The molecule has 22 heavy (non-hydrogen) atoms. The zero-order chi connectivity index (χ0) is 15.5. The van der Waals surface area contributed by atoms with Gasteiger partial charge in [0.2, 0.25) is 0 Å². The molecule has 3 aromatic carbocycles. The van der Waals surface area contributed by atoms with E-state index in [0.717, 1.165) is 21.9 Å². The molecule has 0 aliphatic carbocycles. The minimum Gasteiger partial charge on any atom is -0.410 e. The summed E-state index contributed by atoms with van der Waals surface area (Å²) in [6, 6.07) is 22.0. The van der Waals surface area contributed by atoms with Gasteiger partial charge in [-0.2, -0.15) is 0 Å². The number of fused-ring (bicyclic) bond motifs is 1. The van der Waals surface area contributed by atoms with E-state index in [-0.39, 0.29) is 6.09 Å². The lowest BCUT2D eigenvalue weighted by atomic mass is 9.98. The highest BCUT2D eigenvalue weighted by Gasteiger charge is 2.11. The fourth-order valence-corrected chi connectivity index (χ4v) is 2.39. The van der Waals surface area contributed by atoms with Gasteiger partial charge in [0.15, 0.2) is 0 Å². The molecule has 0 heterocycles. The molecular weight excluding hydrogens is 274 g/mol. The van der Waals surface area contributed by atoms with Crippen LogP contribution in [0.2, 0.25) is 0 Å². The minimum absolute atomic E-state index is 0.380. The maximum atomic E-state index is 11.8. The van der Waals surface area contributed by atoms with Crippen molar-refractivity contribution in [3.8, 4) is 16.9 Å². The van der Waals surface area contributed by atoms with Gasteiger partial charge in [0.25, 0.3) is 0 Å². The van der Waals surface area contributed by atoms with Crippen molar-refractivity contribution >= 4 is 16.9 Å². The summed E-state index contributed by atoms with van der Waals surface area (Å²) in [4.78, 5) is 13.2. The maximum Gasteiger partial charge on any atom is 0.414 e. The molecule has 0 saturated heterocycles. The quantitative estimate of drug-likeness (QED) is 0.692. The monoisotopic (exact) mass is 291 g/mol. The number of rotatable bonds is 2. The van der Waals surface area contributed by atoms with Crippen molar-refractivity contribution < 1.29 is 9.53 Å². The Morgan fingerprint density at radius 1 is 0.909 bits per heavy atom. The number of hydrogen-bond acceptors (Lipinski definition) is 2. The molecule has 110 valence electrons. The number of carbonyl (C=O) groups excluding carboxylic acids is 1. The largest absolute Gasteiger partial charge is 0.414 e. The van der Waals surface area contributed by atoms with Crippen molar-refractivity contribution in [3.63, 3.8) is 0 Å². The summed E-state index contributed by atoms with van der Waals surface area (Å²) in [5.41, 5.74) is 2.15. The molecule has 3 aromatic rings. The summed E-state index contributed by atoms with van der Waals surface area (Å²) in [6.07, 6.45) is -0.380. The van der Waals surface area contributed by atoms with Crippen LogP contribution in [0.15, 0.2) is 66.7 Å². The standard InChI is InChI=1S/C19H17NO2/c1-20(2)19(21)22-16-12-15-10-6-7-11-17(15)18(13-16)14-8-4-3-5-9-14/h3-13H,1-2H3. The average molecular weight is 291 g/mol. The first kappa shape index (κ1) is 14.1. The Bertz CT molecular complexity index is 810. The Labute approximate surface area is 129 Å². The van der Waals surface area contributed by atoms with Crippen LogP contribution in [-0.4, -0.2) is 25.1 Å². The van der Waals surface area contributed by atoms with Gasteiger partial charge in [-0.1, -0.05) is 54.6 Å². The molecule has 0 radical (unpaired) electrons. The second kappa shape index (κ2) is 5.90. The fraction of sp³-hybridized carbons (Fsp3) is 0.105. The summed E-state index contributed by atoms with van der Waals surface area (Å²) in [5.74, 6) is 0.552. The predicted molar refractivity (Wildman–Crippen MR) is 89.1 cm³/mol. The fourth-order valence-electron chi connectivity index (χ4n) is 2.39. The molecule has 3 rings (SSSR count). The van der Waals surface area contributed by atoms with Crippen molar-refractivity contribution in [1.82, 2.24) is 4.90 Å². The third kappa shape index (κ3) is 2.79. The molecule has 0 spiro atoms. The van der Waals surface area contributed by atoms with Gasteiger partial charge in [-0.25, -0.2) is 4.79 Å². The lowest BCUT2D eigenvalue weighted by molar-refractivity contribution is 0.172. The Hall–Kier alpha value is -2.81. The molecule has 0 fully saturated rings. The summed E-state index contributed by atoms with van der Waals surface area (Å²) in [6.45, 7) is 0. The topological polar surface area (TPSA) is 29.5 Å². The second-order valence-electron chi connectivity index (χ2n) is 5.32. The van der Waals surface area contributed by atoms with Gasteiger partial charge < -0.3 is 9.64 Å². The van der Waals surface area contributed by atoms with Crippen LogP contribution in [0.3, 0.4) is 0 Å². The van der Waals surface area contributed by atoms with E-state index < -0.39 is 0 Å². The SMILES string of the molecule is CN(C)C(=O)Oc1cc(-c2ccccc2)c2ccccc2c1. The van der Waals surface area contributed by atoms with Crippen LogP contribution in [0.4, 0.5) is 4.79 Å². The molecule has 0 bridgehead atoms. The molecule has 0 saturated carbocycles. The summed E-state index contributed by atoms with van der Waals surface area (Å²) < 4.78 is 5.43. The number of benzene rings is 3. The number of hydrogen-bond donors (Lipinski definition) is 0. The molecular formula is C19H17NO2. The van der Waals surface area contributed by atoms with Gasteiger partial charge >= 0.3 is 6.09 Å². The molecule has 0 N–H and O–H groups in total. The van der Waals surface area contributed by atoms with Crippen LogP contribution in [0.1, 0.15) is 0 Å². The average Bonchev–Trinajstić information content (AvgIpc) is 2.55. The molecule has 0 aliphatic heterocycles. The van der Waals surface area contributed by atoms with Crippen molar-refractivity contribution in [1.29, 1.82) is 0 Å². The summed E-state index contributed by atoms with van der Waals surface area (Å²) >= 11 is 0.